The van der Waals surface area contributed by atoms with E-state index in [4.69, 9.17) is 0 Å². The quantitative estimate of drug-likeness (QED) is 0.751. The first kappa shape index (κ1) is 13.2. The van der Waals surface area contributed by atoms with Gasteiger partial charge < -0.3 is 4.90 Å². The molecule has 1 saturated carbocycles. The molecule has 102 valence electrons. The molecule has 0 radical (unpaired) electrons. The van der Waals surface area contributed by atoms with Crippen LogP contribution >= 0.6 is 15.9 Å². The van der Waals surface area contributed by atoms with Crippen LogP contribution in [-0.4, -0.2) is 18.9 Å². The van der Waals surface area contributed by atoms with E-state index in [1.165, 1.54) is 38.5 Å². The largest absolute Gasteiger partial charge is 0.368 e. The van der Waals surface area contributed by atoms with E-state index in [-0.39, 0.29) is 0 Å². The monoisotopic (exact) mass is 321 g/mol. The van der Waals surface area contributed by atoms with Crippen molar-refractivity contribution < 1.29 is 4.79 Å². The minimum atomic E-state index is 0.649. The first-order chi connectivity index (χ1) is 9.29. The lowest BCUT2D eigenvalue weighted by Crippen LogP contribution is -2.47. The Morgan fingerprint density at radius 2 is 1.95 bits per heavy atom. The van der Waals surface area contributed by atoms with Gasteiger partial charge in [-0.15, -0.1) is 0 Å². The fraction of sp³-hybridized carbons (Fsp3) is 0.562. The second-order valence-corrected chi connectivity index (χ2v) is 6.68. The van der Waals surface area contributed by atoms with Gasteiger partial charge in [0.15, 0.2) is 6.29 Å². The maximum Gasteiger partial charge on any atom is 0.152 e. The fourth-order valence-corrected chi connectivity index (χ4v) is 4.14. The Hall–Kier alpha value is -0.830. The fourth-order valence-electron chi connectivity index (χ4n) is 3.79. The third-order valence-corrected chi connectivity index (χ3v) is 5.17. The first-order valence-corrected chi connectivity index (χ1v) is 8.10. The number of benzene rings is 1. The van der Waals surface area contributed by atoms with Crippen molar-refractivity contribution in [1.82, 2.24) is 0 Å². The summed E-state index contributed by atoms with van der Waals surface area (Å²) in [5.74, 6) is 0.834. The van der Waals surface area contributed by atoms with Crippen molar-refractivity contribution in [2.24, 2.45) is 5.92 Å². The molecule has 1 aliphatic heterocycles. The van der Waals surface area contributed by atoms with E-state index >= 15 is 0 Å². The molecule has 0 N–H and O–H groups in total. The summed E-state index contributed by atoms with van der Waals surface area (Å²) >= 11 is 3.54. The second-order valence-electron chi connectivity index (χ2n) is 5.77. The zero-order valence-corrected chi connectivity index (χ0v) is 12.7. The van der Waals surface area contributed by atoms with Gasteiger partial charge in [-0.05, 0) is 49.8 Å². The Balaban J connectivity index is 1.95. The van der Waals surface area contributed by atoms with Crippen molar-refractivity contribution in [2.45, 2.75) is 44.6 Å². The average Bonchev–Trinajstić information content (AvgIpc) is 2.46. The molecule has 3 rings (SSSR count). The van der Waals surface area contributed by atoms with Gasteiger partial charge in [-0.3, -0.25) is 4.79 Å². The molecule has 2 atom stereocenters. The molecule has 19 heavy (non-hydrogen) atoms. The van der Waals surface area contributed by atoms with E-state index in [1.54, 1.807) is 0 Å². The van der Waals surface area contributed by atoms with Gasteiger partial charge in [0.2, 0.25) is 0 Å². The highest BCUT2D eigenvalue weighted by Gasteiger charge is 2.34. The van der Waals surface area contributed by atoms with E-state index in [2.05, 4.69) is 26.9 Å². The molecule has 0 amide bonds. The summed E-state index contributed by atoms with van der Waals surface area (Å²) in [7, 11) is 0. The van der Waals surface area contributed by atoms with Crippen LogP contribution in [0, 0.1) is 5.92 Å². The maximum atomic E-state index is 11.3. The Morgan fingerprint density at radius 3 is 2.79 bits per heavy atom. The van der Waals surface area contributed by atoms with Crippen LogP contribution in [0.25, 0.3) is 0 Å². The summed E-state index contributed by atoms with van der Waals surface area (Å²) in [5.41, 5.74) is 1.95. The summed E-state index contributed by atoms with van der Waals surface area (Å²) in [6, 6.07) is 6.64. The SMILES string of the molecule is O=Cc1ccc(Br)cc1N1CCC[C@H]2CCCC[C@H]21. The van der Waals surface area contributed by atoms with Gasteiger partial charge in [-0.2, -0.15) is 0 Å². The Kier molecular flexibility index (Phi) is 3.92. The topological polar surface area (TPSA) is 20.3 Å². The predicted molar refractivity (Wildman–Crippen MR) is 81.9 cm³/mol. The molecule has 1 saturated heterocycles. The number of halogens is 1. The molecule has 1 aliphatic carbocycles. The molecular weight excluding hydrogens is 302 g/mol. The number of aldehydes is 1. The standard InChI is InChI=1S/C16H20BrNO/c17-14-8-7-13(11-19)16(10-14)18-9-3-5-12-4-1-2-6-15(12)18/h7-8,10-12,15H,1-6,9H2/t12-,15-/m1/s1. The lowest BCUT2D eigenvalue weighted by molar-refractivity contribution is 0.112. The molecule has 2 fully saturated rings. The van der Waals surface area contributed by atoms with Crippen molar-refractivity contribution in [2.75, 3.05) is 11.4 Å². The lowest BCUT2D eigenvalue weighted by Gasteiger charge is -2.45. The van der Waals surface area contributed by atoms with Gasteiger partial charge in [-0.25, -0.2) is 0 Å². The Labute approximate surface area is 123 Å². The number of rotatable bonds is 2. The second kappa shape index (κ2) is 5.66. The van der Waals surface area contributed by atoms with Crippen molar-refractivity contribution in [3.63, 3.8) is 0 Å². The molecule has 0 unspecified atom stereocenters. The number of fused-ring (bicyclic) bond motifs is 1. The minimum absolute atomic E-state index is 0.649. The molecule has 2 nitrogen and oxygen atoms in total. The van der Waals surface area contributed by atoms with Gasteiger partial charge in [0.05, 0.1) is 0 Å². The highest BCUT2D eigenvalue weighted by molar-refractivity contribution is 9.10. The Bertz CT molecular complexity index is 472. The van der Waals surface area contributed by atoms with Crippen LogP contribution in [0.1, 0.15) is 48.9 Å². The number of piperidine rings is 1. The van der Waals surface area contributed by atoms with Crippen LogP contribution in [0.2, 0.25) is 0 Å². The van der Waals surface area contributed by atoms with Crippen molar-refractivity contribution in [3.05, 3.63) is 28.2 Å². The number of nitrogens with zero attached hydrogens (tertiary/aromatic N) is 1. The summed E-state index contributed by atoms with van der Waals surface area (Å²) in [5, 5.41) is 0. The zero-order valence-electron chi connectivity index (χ0n) is 11.1. The van der Waals surface area contributed by atoms with Gasteiger partial charge in [-0.1, -0.05) is 28.8 Å². The van der Waals surface area contributed by atoms with E-state index in [0.717, 1.165) is 34.5 Å². The van der Waals surface area contributed by atoms with Crippen LogP contribution in [0.5, 0.6) is 0 Å². The summed E-state index contributed by atoms with van der Waals surface area (Å²) < 4.78 is 1.06. The number of carbonyl (C=O) groups excluding carboxylic acids is 1. The molecule has 1 heterocycles. The molecule has 1 aromatic rings. The number of anilines is 1. The summed E-state index contributed by atoms with van der Waals surface area (Å²) in [4.78, 5) is 13.8. The predicted octanol–water partition coefficient (Wildman–Crippen LogP) is 4.42. The third kappa shape index (κ3) is 2.58. The highest BCUT2D eigenvalue weighted by atomic mass is 79.9. The number of hydrogen-bond donors (Lipinski definition) is 0. The van der Waals surface area contributed by atoms with Crippen LogP contribution in [0.3, 0.4) is 0 Å². The third-order valence-electron chi connectivity index (χ3n) is 4.67. The molecule has 0 bridgehead atoms. The molecule has 2 aliphatic rings. The summed E-state index contributed by atoms with van der Waals surface area (Å²) in [6.07, 6.45) is 8.99. The van der Waals surface area contributed by atoms with E-state index in [9.17, 15) is 4.79 Å². The first-order valence-electron chi connectivity index (χ1n) is 7.31. The van der Waals surface area contributed by atoms with E-state index < -0.39 is 0 Å². The Morgan fingerprint density at radius 1 is 1.16 bits per heavy atom. The van der Waals surface area contributed by atoms with Crippen LogP contribution < -0.4 is 4.90 Å². The molecule has 1 aromatic carbocycles. The number of carbonyl (C=O) groups is 1. The van der Waals surface area contributed by atoms with Crippen molar-refractivity contribution in [1.29, 1.82) is 0 Å². The van der Waals surface area contributed by atoms with E-state index in [1.807, 2.05) is 12.1 Å². The number of hydrogen-bond acceptors (Lipinski definition) is 2. The van der Waals surface area contributed by atoms with Gasteiger partial charge >= 0.3 is 0 Å². The van der Waals surface area contributed by atoms with Crippen molar-refractivity contribution >= 4 is 27.9 Å². The van der Waals surface area contributed by atoms with E-state index in [0.29, 0.717) is 6.04 Å². The smallest absolute Gasteiger partial charge is 0.152 e. The minimum Gasteiger partial charge on any atom is -0.368 e. The van der Waals surface area contributed by atoms with Crippen LogP contribution in [0.15, 0.2) is 22.7 Å². The normalized spacial score (nSPS) is 26.9. The maximum absolute atomic E-state index is 11.3. The molecule has 0 spiro atoms. The molecular formula is C16H20BrNO. The van der Waals surface area contributed by atoms with Gasteiger partial charge in [0.1, 0.15) is 0 Å². The summed E-state index contributed by atoms with van der Waals surface area (Å²) in [6.45, 7) is 1.10. The highest BCUT2D eigenvalue weighted by Crippen LogP contribution is 2.39. The van der Waals surface area contributed by atoms with Gasteiger partial charge in [0.25, 0.3) is 0 Å². The molecule has 0 aromatic heterocycles. The van der Waals surface area contributed by atoms with Crippen LogP contribution in [0.4, 0.5) is 5.69 Å². The zero-order chi connectivity index (χ0) is 13.2. The van der Waals surface area contributed by atoms with Crippen LogP contribution in [-0.2, 0) is 0 Å². The average molecular weight is 322 g/mol. The lowest BCUT2D eigenvalue weighted by atomic mass is 9.78. The molecule has 3 heteroatoms. The van der Waals surface area contributed by atoms with Crippen molar-refractivity contribution in [3.8, 4) is 0 Å². The van der Waals surface area contributed by atoms with Gasteiger partial charge in [0, 0.05) is 28.3 Å².